The van der Waals surface area contributed by atoms with Gasteiger partial charge in [-0.2, -0.15) is 5.10 Å². The Balaban J connectivity index is 1.72. The number of hydrogen-bond acceptors (Lipinski definition) is 5. The zero-order valence-electron chi connectivity index (χ0n) is 18.1. The molecule has 2 aromatic carbocycles. The Labute approximate surface area is 181 Å². The Hall–Kier alpha value is -3.48. The van der Waals surface area contributed by atoms with Crippen molar-refractivity contribution in [3.8, 4) is 22.9 Å². The van der Waals surface area contributed by atoms with E-state index in [1.807, 2.05) is 35.0 Å². The minimum Gasteiger partial charge on any atom is -0.493 e. The second kappa shape index (κ2) is 9.12. The second-order valence-corrected chi connectivity index (χ2v) is 7.45. The summed E-state index contributed by atoms with van der Waals surface area (Å²) < 4.78 is 18.1. The monoisotopic (exact) mass is 421 g/mol. The molecule has 1 aliphatic carbocycles. The molecule has 1 aliphatic rings. The van der Waals surface area contributed by atoms with E-state index < -0.39 is 0 Å². The molecule has 1 aromatic heterocycles. The summed E-state index contributed by atoms with van der Waals surface area (Å²) >= 11 is 0. The normalized spacial score (nSPS) is 13.1. The van der Waals surface area contributed by atoms with Crippen LogP contribution < -0.4 is 19.5 Å². The van der Waals surface area contributed by atoms with Gasteiger partial charge in [-0.3, -0.25) is 4.79 Å². The van der Waals surface area contributed by atoms with Crippen LogP contribution in [-0.2, 0) is 12.8 Å². The van der Waals surface area contributed by atoms with Gasteiger partial charge >= 0.3 is 0 Å². The van der Waals surface area contributed by atoms with Crippen molar-refractivity contribution in [1.82, 2.24) is 9.78 Å². The molecule has 1 amide bonds. The van der Waals surface area contributed by atoms with Crippen molar-refractivity contribution in [3.63, 3.8) is 0 Å². The molecule has 7 nitrogen and oxygen atoms in total. The molecule has 0 radical (unpaired) electrons. The number of para-hydroxylation sites is 1. The van der Waals surface area contributed by atoms with E-state index in [-0.39, 0.29) is 5.91 Å². The van der Waals surface area contributed by atoms with Crippen molar-refractivity contribution in [3.05, 3.63) is 59.4 Å². The van der Waals surface area contributed by atoms with Crippen molar-refractivity contribution in [2.75, 3.05) is 26.6 Å². The summed E-state index contributed by atoms with van der Waals surface area (Å²) in [5.41, 5.74) is 4.14. The van der Waals surface area contributed by atoms with Crippen molar-refractivity contribution in [2.45, 2.75) is 32.1 Å². The molecule has 1 heterocycles. The first kappa shape index (κ1) is 20.8. The van der Waals surface area contributed by atoms with Gasteiger partial charge in [0.25, 0.3) is 5.91 Å². The molecule has 7 heteroatoms. The number of carbonyl (C=O) groups excluding carboxylic acids is 1. The summed E-state index contributed by atoms with van der Waals surface area (Å²) in [6, 6.07) is 13.4. The van der Waals surface area contributed by atoms with Crippen LogP contribution in [0.3, 0.4) is 0 Å². The number of nitrogens with one attached hydrogen (secondary N) is 1. The molecular formula is C24H27N3O4. The van der Waals surface area contributed by atoms with Gasteiger partial charge in [0, 0.05) is 29.1 Å². The molecular weight excluding hydrogens is 394 g/mol. The van der Waals surface area contributed by atoms with Crippen molar-refractivity contribution in [2.24, 2.45) is 0 Å². The maximum Gasteiger partial charge on any atom is 0.276 e. The summed E-state index contributed by atoms with van der Waals surface area (Å²) in [5.74, 6) is 1.18. The third kappa shape index (κ3) is 4.08. The summed E-state index contributed by atoms with van der Waals surface area (Å²) in [7, 11) is 4.64. The largest absolute Gasteiger partial charge is 0.493 e. The Bertz CT molecular complexity index is 1050. The van der Waals surface area contributed by atoms with E-state index in [0.29, 0.717) is 28.6 Å². The molecule has 162 valence electrons. The van der Waals surface area contributed by atoms with Gasteiger partial charge in [-0.1, -0.05) is 24.6 Å². The number of methoxy groups -OCH3 is 3. The van der Waals surface area contributed by atoms with E-state index in [2.05, 4.69) is 5.32 Å². The van der Waals surface area contributed by atoms with E-state index in [9.17, 15) is 4.79 Å². The summed E-state index contributed by atoms with van der Waals surface area (Å²) in [4.78, 5) is 13.3. The van der Waals surface area contributed by atoms with Gasteiger partial charge in [0.05, 0.1) is 27.0 Å². The first-order chi connectivity index (χ1) is 15.2. The van der Waals surface area contributed by atoms with Crippen molar-refractivity contribution >= 4 is 11.6 Å². The van der Waals surface area contributed by atoms with Crippen molar-refractivity contribution < 1.29 is 19.0 Å². The number of aromatic nitrogens is 2. The molecule has 31 heavy (non-hydrogen) atoms. The summed E-state index contributed by atoms with van der Waals surface area (Å²) in [6.07, 6.45) is 5.06. The van der Waals surface area contributed by atoms with E-state index >= 15 is 0 Å². The van der Waals surface area contributed by atoms with Crippen LogP contribution >= 0.6 is 0 Å². The molecule has 0 spiro atoms. The SMILES string of the molecule is COc1cc(NC(=O)c2nn(-c3ccccc3)c3c2CCCCC3)cc(OC)c1OC. The number of anilines is 1. The van der Waals surface area contributed by atoms with Crippen LogP contribution in [0.1, 0.15) is 41.0 Å². The first-order valence-corrected chi connectivity index (χ1v) is 10.4. The smallest absolute Gasteiger partial charge is 0.276 e. The van der Waals surface area contributed by atoms with E-state index in [4.69, 9.17) is 19.3 Å². The Morgan fingerprint density at radius 1 is 0.935 bits per heavy atom. The zero-order valence-corrected chi connectivity index (χ0v) is 18.1. The summed E-state index contributed by atoms with van der Waals surface area (Å²) in [6.45, 7) is 0. The van der Waals surface area contributed by atoms with Crippen LogP contribution in [-0.4, -0.2) is 37.0 Å². The highest BCUT2D eigenvalue weighted by molar-refractivity contribution is 6.04. The second-order valence-electron chi connectivity index (χ2n) is 7.45. The fraction of sp³-hybridized carbons (Fsp3) is 0.333. The zero-order chi connectivity index (χ0) is 21.8. The van der Waals surface area contributed by atoms with Crippen LogP contribution in [0.25, 0.3) is 5.69 Å². The molecule has 0 saturated heterocycles. The summed E-state index contributed by atoms with van der Waals surface area (Å²) in [5, 5.41) is 7.70. The first-order valence-electron chi connectivity index (χ1n) is 10.4. The third-order valence-electron chi connectivity index (χ3n) is 5.57. The van der Waals surface area contributed by atoms with Gasteiger partial charge in [-0.25, -0.2) is 4.68 Å². The predicted octanol–water partition coefficient (Wildman–Crippen LogP) is 4.42. The lowest BCUT2D eigenvalue weighted by Gasteiger charge is -2.14. The van der Waals surface area contributed by atoms with Gasteiger partial charge in [0.2, 0.25) is 5.75 Å². The highest BCUT2D eigenvalue weighted by Gasteiger charge is 2.25. The highest BCUT2D eigenvalue weighted by atomic mass is 16.5. The van der Waals surface area contributed by atoms with Gasteiger partial charge in [-0.05, 0) is 37.8 Å². The van der Waals surface area contributed by atoms with Gasteiger partial charge in [0.1, 0.15) is 0 Å². The molecule has 0 bridgehead atoms. The van der Waals surface area contributed by atoms with Crippen LogP contribution in [0.5, 0.6) is 17.2 Å². The van der Waals surface area contributed by atoms with Gasteiger partial charge in [0.15, 0.2) is 17.2 Å². The van der Waals surface area contributed by atoms with E-state index in [1.165, 1.54) is 0 Å². The fourth-order valence-corrected chi connectivity index (χ4v) is 4.08. The fourth-order valence-electron chi connectivity index (χ4n) is 4.08. The maximum absolute atomic E-state index is 13.3. The van der Waals surface area contributed by atoms with Crippen LogP contribution in [0.15, 0.2) is 42.5 Å². The quantitative estimate of drug-likeness (QED) is 0.597. The van der Waals surface area contributed by atoms with Crippen molar-refractivity contribution in [1.29, 1.82) is 0 Å². The lowest BCUT2D eigenvalue weighted by Crippen LogP contribution is -2.15. The lowest BCUT2D eigenvalue weighted by molar-refractivity contribution is 0.102. The Morgan fingerprint density at radius 3 is 2.26 bits per heavy atom. The molecule has 1 N–H and O–H groups in total. The standard InChI is InChI=1S/C24H27N3O4/c1-29-20-14-16(15-21(30-2)23(20)31-3)25-24(28)22-18-12-8-5-9-13-19(18)27(26-22)17-10-6-4-7-11-17/h4,6-7,10-11,14-15H,5,8-9,12-13H2,1-3H3,(H,25,28). The van der Waals surface area contributed by atoms with E-state index in [1.54, 1.807) is 33.5 Å². The maximum atomic E-state index is 13.3. The molecule has 0 unspecified atom stereocenters. The van der Waals surface area contributed by atoms with Crippen LogP contribution in [0.4, 0.5) is 5.69 Å². The van der Waals surface area contributed by atoms with Gasteiger partial charge in [-0.15, -0.1) is 0 Å². The van der Waals surface area contributed by atoms with E-state index in [0.717, 1.165) is 49.0 Å². The molecule has 0 saturated carbocycles. The minimum absolute atomic E-state index is 0.248. The lowest BCUT2D eigenvalue weighted by atomic mass is 10.1. The molecule has 0 atom stereocenters. The number of carbonyl (C=O) groups is 1. The molecule has 0 aliphatic heterocycles. The van der Waals surface area contributed by atoms with Gasteiger partial charge < -0.3 is 19.5 Å². The topological polar surface area (TPSA) is 74.6 Å². The molecule has 0 fully saturated rings. The Kier molecular flexibility index (Phi) is 6.11. The number of nitrogens with zero attached hydrogens (tertiary/aromatic N) is 2. The number of amides is 1. The number of benzene rings is 2. The minimum atomic E-state index is -0.248. The number of hydrogen-bond donors (Lipinski definition) is 1. The number of fused-ring (bicyclic) bond motifs is 1. The Morgan fingerprint density at radius 2 is 1.61 bits per heavy atom. The third-order valence-corrected chi connectivity index (χ3v) is 5.57. The predicted molar refractivity (Wildman–Crippen MR) is 119 cm³/mol. The average Bonchev–Trinajstić information content (AvgIpc) is 2.99. The molecule has 4 rings (SSSR count). The number of ether oxygens (including phenoxy) is 3. The van der Waals surface area contributed by atoms with Crippen LogP contribution in [0, 0.1) is 0 Å². The highest BCUT2D eigenvalue weighted by Crippen LogP contribution is 2.40. The molecule has 3 aromatic rings. The average molecular weight is 421 g/mol. The van der Waals surface area contributed by atoms with Crippen LogP contribution in [0.2, 0.25) is 0 Å². The number of rotatable bonds is 6.